The summed E-state index contributed by atoms with van der Waals surface area (Å²) in [4.78, 5) is 20.1. The number of rotatable bonds is 5. The van der Waals surface area contributed by atoms with Crippen LogP contribution in [-0.4, -0.2) is 39.7 Å². The predicted molar refractivity (Wildman–Crippen MR) is 75.3 cm³/mol. The van der Waals surface area contributed by atoms with E-state index in [-0.39, 0.29) is 11.0 Å². The Morgan fingerprint density at radius 1 is 1.40 bits per heavy atom. The average Bonchev–Trinajstić information content (AvgIpc) is 2.87. The van der Waals surface area contributed by atoms with Crippen molar-refractivity contribution in [2.24, 2.45) is 0 Å². The number of hydrogen-bond acceptors (Lipinski definition) is 8. The fourth-order valence-corrected chi connectivity index (χ4v) is 2.10. The zero-order valence-electron chi connectivity index (χ0n) is 11.3. The number of carbonyl (C=O) groups excluding carboxylic acids is 1. The van der Waals surface area contributed by atoms with Gasteiger partial charge in [0.2, 0.25) is 22.0 Å². The number of amides is 1. The lowest BCUT2D eigenvalue weighted by Gasteiger charge is -2.04. The van der Waals surface area contributed by atoms with Gasteiger partial charge in [-0.05, 0) is 13.8 Å². The Balaban J connectivity index is 2.12. The second-order valence-corrected chi connectivity index (χ2v) is 4.75. The van der Waals surface area contributed by atoms with Crippen LogP contribution in [0.4, 0.5) is 11.1 Å². The quantitative estimate of drug-likeness (QED) is 0.857. The summed E-state index contributed by atoms with van der Waals surface area (Å²) in [6, 6.07) is 1.67. The van der Waals surface area contributed by atoms with Crippen LogP contribution in [0.2, 0.25) is 0 Å². The Kier molecular flexibility index (Phi) is 4.41. The van der Waals surface area contributed by atoms with Crippen LogP contribution in [0.15, 0.2) is 6.07 Å². The number of ether oxygens (including phenoxy) is 1. The summed E-state index contributed by atoms with van der Waals surface area (Å²) in [5.41, 5.74) is 0.692. The number of anilines is 2. The van der Waals surface area contributed by atoms with Crippen LogP contribution in [0.5, 0.6) is 5.88 Å². The molecular formula is C11H14N6O2S. The van der Waals surface area contributed by atoms with E-state index in [2.05, 4.69) is 30.8 Å². The van der Waals surface area contributed by atoms with Gasteiger partial charge in [-0.2, -0.15) is 4.98 Å². The van der Waals surface area contributed by atoms with Gasteiger partial charge in [-0.15, -0.1) is 10.2 Å². The van der Waals surface area contributed by atoms with Crippen LogP contribution in [0.3, 0.4) is 0 Å². The minimum atomic E-state index is -0.403. The van der Waals surface area contributed by atoms with Crippen LogP contribution >= 0.6 is 11.3 Å². The highest BCUT2D eigenvalue weighted by Crippen LogP contribution is 2.17. The van der Waals surface area contributed by atoms with Crippen LogP contribution in [0.1, 0.15) is 22.4 Å². The smallest absolute Gasteiger partial charge is 0.289 e. The van der Waals surface area contributed by atoms with Crippen molar-refractivity contribution in [1.82, 2.24) is 20.2 Å². The predicted octanol–water partition coefficient (Wildman–Crippen LogP) is 1.33. The molecule has 2 aromatic heterocycles. The molecule has 2 N–H and O–H groups in total. The molecule has 0 spiro atoms. The van der Waals surface area contributed by atoms with Crippen LogP contribution in [0, 0.1) is 6.92 Å². The molecule has 0 aliphatic rings. The Bertz CT molecular complexity index is 615. The molecule has 0 saturated heterocycles. The maximum absolute atomic E-state index is 12.0. The van der Waals surface area contributed by atoms with E-state index in [9.17, 15) is 4.79 Å². The largest absolute Gasteiger partial charge is 0.481 e. The van der Waals surface area contributed by atoms with E-state index in [4.69, 9.17) is 4.74 Å². The third kappa shape index (κ3) is 3.38. The molecule has 0 aromatic carbocycles. The maximum Gasteiger partial charge on any atom is 0.289 e. The summed E-state index contributed by atoms with van der Waals surface area (Å²) in [7, 11) is 1.50. The first-order chi connectivity index (χ1) is 9.62. The van der Waals surface area contributed by atoms with Crippen molar-refractivity contribution in [3.05, 3.63) is 16.8 Å². The molecule has 0 atom stereocenters. The second kappa shape index (κ2) is 6.24. The summed E-state index contributed by atoms with van der Waals surface area (Å²) < 4.78 is 5.02. The number of carbonyl (C=O) groups is 1. The summed E-state index contributed by atoms with van der Waals surface area (Å²) in [5.74, 6) is 0.157. The van der Waals surface area contributed by atoms with Gasteiger partial charge in [-0.25, -0.2) is 4.98 Å². The van der Waals surface area contributed by atoms with E-state index < -0.39 is 5.91 Å². The normalized spacial score (nSPS) is 10.2. The monoisotopic (exact) mass is 294 g/mol. The molecule has 0 fully saturated rings. The number of methoxy groups -OCH3 is 1. The Morgan fingerprint density at radius 3 is 2.90 bits per heavy atom. The molecule has 2 heterocycles. The zero-order valence-corrected chi connectivity index (χ0v) is 12.1. The van der Waals surface area contributed by atoms with E-state index in [1.807, 2.05) is 6.92 Å². The topological polar surface area (TPSA) is 102 Å². The van der Waals surface area contributed by atoms with Crippen molar-refractivity contribution < 1.29 is 9.53 Å². The van der Waals surface area contributed by atoms with E-state index in [1.54, 1.807) is 13.0 Å². The Labute approximate surface area is 119 Å². The average molecular weight is 294 g/mol. The summed E-state index contributed by atoms with van der Waals surface area (Å²) >= 11 is 1.17. The lowest BCUT2D eigenvalue weighted by atomic mass is 10.4. The first-order valence-corrected chi connectivity index (χ1v) is 6.72. The fourth-order valence-electron chi connectivity index (χ4n) is 1.39. The second-order valence-electron chi connectivity index (χ2n) is 3.77. The van der Waals surface area contributed by atoms with E-state index in [0.717, 1.165) is 0 Å². The lowest BCUT2D eigenvalue weighted by molar-refractivity contribution is 0.102. The van der Waals surface area contributed by atoms with Crippen molar-refractivity contribution >= 4 is 28.3 Å². The summed E-state index contributed by atoms with van der Waals surface area (Å²) in [6.07, 6.45) is 0. The molecule has 0 saturated carbocycles. The third-order valence-corrected chi connectivity index (χ3v) is 3.09. The third-order valence-electron chi connectivity index (χ3n) is 2.21. The molecule has 0 unspecified atom stereocenters. The minimum Gasteiger partial charge on any atom is -0.481 e. The van der Waals surface area contributed by atoms with Gasteiger partial charge in [0.15, 0.2) is 0 Å². The minimum absolute atomic E-state index is 0.173. The number of nitrogens with zero attached hydrogens (tertiary/aromatic N) is 4. The molecule has 8 nitrogen and oxygen atoms in total. The number of aromatic nitrogens is 4. The number of nitrogens with one attached hydrogen (secondary N) is 2. The van der Waals surface area contributed by atoms with Crippen molar-refractivity contribution in [2.45, 2.75) is 13.8 Å². The summed E-state index contributed by atoms with van der Waals surface area (Å²) in [6.45, 7) is 4.44. The molecule has 20 heavy (non-hydrogen) atoms. The fraction of sp³-hybridized carbons (Fsp3) is 0.364. The van der Waals surface area contributed by atoms with Gasteiger partial charge >= 0.3 is 0 Å². The van der Waals surface area contributed by atoms with Gasteiger partial charge in [0.1, 0.15) is 0 Å². The number of aryl methyl sites for hydroxylation is 1. The van der Waals surface area contributed by atoms with Gasteiger partial charge in [0.25, 0.3) is 5.91 Å². The van der Waals surface area contributed by atoms with Crippen molar-refractivity contribution in [3.8, 4) is 5.88 Å². The van der Waals surface area contributed by atoms with Gasteiger partial charge in [0.05, 0.1) is 7.11 Å². The molecule has 2 rings (SSSR count). The lowest BCUT2D eigenvalue weighted by Crippen LogP contribution is -2.14. The zero-order chi connectivity index (χ0) is 14.5. The first kappa shape index (κ1) is 14.1. The van der Waals surface area contributed by atoms with Crippen LogP contribution < -0.4 is 15.4 Å². The van der Waals surface area contributed by atoms with Crippen LogP contribution in [0.25, 0.3) is 0 Å². The van der Waals surface area contributed by atoms with Crippen molar-refractivity contribution in [2.75, 3.05) is 24.3 Å². The molecule has 9 heteroatoms. The molecule has 0 aliphatic heterocycles. The number of hydrogen-bond donors (Lipinski definition) is 2. The van der Waals surface area contributed by atoms with Gasteiger partial charge in [0, 0.05) is 18.3 Å². The Morgan fingerprint density at radius 2 is 2.20 bits per heavy atom. The van der Waals surface area contributed by atoms with E-state index in [0.29, 0.717) is 23.3 Å². The molecule has 1 amide bonds. The van der Waals surface area contributed by atoms with Crippen molar-refractivity contribution in [3.63, 3.8) is 0 Å². The van der Waals surface area contributed by atoms with Crippen molar-refractivity contribution in [1.29, 1.82) is 0 Å². The molecule has 0 radical (unpaired) electrons. The van der Waals surface area contributed by atoms with Gasteiger partial charge in [-0.3, -0.25) is 10.1 Å². The SMILES string of the molecule is CCNc1nnc(C(=O)Nc2nc(C)cc(OC)n2)s1. The standard InChI is InChI=1S/C11H14N6O2S/c1-4-12-11-17-16-9(20-11)8(18)15-10-13-6(2)5-7(14-10)19-3/h5H,4H2,1-3H3,(H,12,17)(H,13,14,15,18). The maximum atomic E-state index is 12.0. The molecule has 0 aliphatic carbocycles. The highest BCUT2D eigenvalue weighted by molar-refractivity contribution is 7.17. The van der Waals surface area contributed by atoms with Gasteiger partial charge < -0.3 is 10.1 Å². The van der Waals surface area contributed by atoms with E-state index >= 15 is 0 Å². The van der Waals surface area contributed by atoms with E-state index in [1.165, 1.54) is 18.4 Å². The first-order valence-electron chi connectivity index (χ1n) is 5.90. The molecular weight excluding hydrogens is 280 g/mol. The van der Waals surface area contributed by atoms with Gasteiger partial charge in [-0.1, -0.05) is 11.3 Å². The molecule has 0 bridgehead atoms. The highest BCUT2D eigenvalue weighted by atomic mass is 32.1. The highest BCUT2D eigenvalue weighted by Gasteiger charge is 2.14. The molecule has 106 valence electrons. The Hall–Kier alpha value is -2.29. The molecule has 2 aromatic rings. The summed E-state index contributed by atoms with van der Waals surface area (Å²) in [5, 5.41) is 14.0. The van der Waals surface area contributed by atoms with Crippen LogP contribution in [-0.2, 0) is 0 Å².